The zero-order valence-corrected chi connectivity index (χ0v) is 26.5. The summed E-state index contributed by atoms with van der Waals surface area (Å²) in [5.74, 6) is -7.27. The number of Topliss-reactive ketones (excluding diaryl/α,β-unsaturated/α-hetero) is 1. The fourth-order valence-electron chi connectivity index (χ4n) is 5.86. The van der Waals surface area contributed by atoms with E-state index >= 15 is 8.78 Å². The Hall–Kier alpha value is -4.06. The first-order chi connectivity index (χ1) is 21.8. The van der Waals surface area contributed by atoms with Gasteiger partial charge in [-0.1, -0.05) is 67.4 Å². The zero-order valence-electron chi connectivity index (χ0n) is 25.7. The van der Waals surface area contributed by atoms with Crippen LogP contribution in [0.25, 0.3) is 0 Å². The first kappa shape index (κ1) is 34.8. The molecule has 248 valence electrons. The minimum Gasteiger partial charge on any atom is -0.434 e. The van der Waals surface area contributed by atoms with Crippen molar-refractivity contribution >= 4 is 41.2 Å². The number of carbonyl (C=O) groups is 5. The van der Waals surface area contributed by atoms with E-state index in [1.807, 2.05) is 6.92 Å². The second-order valence-electron chi connectivity index (χ2n) is 12.2. The van der Waals surface area contributed by atoms with E-state index in [2.05, 4.69) is 21.3 Å². The van der Waals surface area contributed by atoms with Gasteiger partial charge in [-0.3, -0.25) is 19.2 Å². The van der Waals surface area contributed by atoms with Gasteiger partial charge in [0.1, 0.15) is 6.04 Å². The van der Waals surface area contributed by atoms with Crippen LogP contribution in [0.4, 0.5) is 13.6 Å². The van der Waals surface area contributed by atoms with E-state index in [9.17, 15) is 24.0 Å². The summed E-state index contributed by atoms with van der Waals surface area (Å²) in [5.41, 5.74) is -0.805. The predicted molar refractivity (Wildman–Crippen MR) is 166 cm³/mol. The quantitative estimate of drug-likeness (QED) is 0.219. The molecule has 0 unspecified atom stereocenters. The number of ether oxygens (including phenoxy) is 1. The van der Waals surface area contributed by atoms with E-state index in [1.165, 1.54) is 42.5 Å². The smallest absolute Gasteiger partial charge is 0.408 e. The number of hydrogen-bond acceptors (Lipinski definition) is 6. The molecule has 10 nitrogen and oxygen atoms in total. The van der Waals surface area contributed by atoms with Crippen molar-refractivity contribution in [1.29, 1.82) is 0 Å². The zero-order chi connectivity index (χ0) is 33.5. The Morgan fingerprint density at radius 1 is 1.07 bits per heavy atom. The highest BCUT2D eigenvalue weighted by Gasteiger charge is 2.46. The van der Waals surface area contributed by atoms with Gasteiger partial charge in [-0.15, -0.1) is 0 Å². The average molecular weight is 661 g/mol. The predicted octanol–water partition coefficient (Wildman–Crippen LogP) is 4.56. The second kappa shape index (κ2) is 15.0. The molecule has 1 saturated heterocycles. The molecule has 1 aliphatic carbocycles. The summed E-state index contributed by atoms with van der Waals surface area (Å²) < 4.78 is 37.3. The van der Waals surface area contributed by atoms with Crippen LogP contribution in [0, 0.1) is 11.3 Å². The highest BCUT2D eigenvalue weighted by Crippen LogP contribution is 2.45. The van der Waals surface area contributed by atoms with Gasteiger partial charge in [0.05, 0.1) is 6.04 Å². The first-order valence-electron chi connectivity index (χ1n) is 15.4. The standard InChI is InChI=1S/C33H39ClF2N4O6/c1-3-37-30(44)26(41)24(17-21-13-16-38-28(21)42)39-29(43)25(19-32(2)14-8-15-32)40-31(45)46-27(20-9-5-4-6-10-20)33(35,36)22-11-7-12-23(34)18-22/h4-7,9-12,18,21,24-25,27H,3,8,13-17,19H2,1-2H3,(H,37,44)(H,38,42)(H,39,43)(H,40,45)/t21-,24-,25+,27+/m0/s1. The van der Waals surface area contributed by atoms with Crippen LogP contribution in [0.15, 0.2) is 54.6 Å². The van der Waals surface area contributed by atoms with Crippen molar-refractivity contribution in [3.05, 3.63) is 70.7 Å². The number of amides is 4. The molecule has 4 amide bonds. The molecule has 46 heavy (non-hydrogen) atoms. The summed E-state index contributed by atoms with van der Waals surface area (Å²) >= 11 is 5.98. The summed E-state index contributed by atoms with van der Waals surface area (Å²) in [7, 11) is 0. The van der Waals surface area contributed by atoms with Gasteiger partial charge in [-0.05, 0) is 62.1 Å². The maximum absolute atomic E-state index is 16.0. The summed E-state index contributed by atoms with van der Waals surface area (Å²) in [6, 6.07) is 9.90. The fraction of sp³-hybridized carbons (Fsp3) is 0.485. The Bertz CT molecular complexity index is 1440. The van der Waals surface area contributed by atoms with Crippen molar-refractivity contribution in [1.82, 2.24) is 21.3 Å². The van der Waals surface area contributed by atoms with Crippen LogP contribution in [0.2, 0.25) is 5.02 Å². The van der Waals surface area contributed by atoms with E-state index in [4.69, 9.17) is 16.3 Å². The summed E-state index contributed by atoms with van der Waals surface area (Å²) in [6.07, 6.45) is -0.505. The van der Waals surface area contributed by atoms with Gasteiger partial charge in [0.2, 0.25) is 17.6 Å². The van der Waals surface area contributed by atoms with Gasteiger partial charge in [-0.25, -0.2) is 4.79 Å². The largest absolute Gasteiger partial charge is 0.434 e. The van der Waals surface area contributed by atoms with Gasteiger partial charge in [0.25, 0.3) is 5.91 Å². The van der Waals surface area contributed by atoms with Crippen LogP contribution in [-0.4, -0.2) is 54.8 Å². The highest BCUT2D eigenvalue weighted by atomic mass is 35.5. The lowest BCUT2D eigenvalue weighted by atomic mass is 9.67. The van der Waals surface area contributed by atoms with Crippen LogP contribution in [0.3, 0.4) is 0 Å². The first-order valence-corrected chi connectivity index (χ1v) is 15.8. The number of rotatable bonds is 14. The number of carbonyl (C=O) groups excluding carboxylic acids is 5. The average Bonchev–Trinajstić information content (AvgIpc) is 3.42. The van der Waals surface area contributed by atoms with Crippen LogP contribution in [0.1, 0.15) is 69.6 Å². The molecule has 1 saturated carbocycles. The molecule has 0 radical (unpaired) electrons. The number of nitrogens with one attached hydrogen (secondary N) is 4. The highest BCUT2D eigenvalue weighted by molar-refractivity contribution is 6.38. The molecule has 0 spiro atoms. The minimum atomic E-state index is -3.71. The van der Waals surface area contributed by atoms with Crippen LogP contribution in [0.5, 0.6) is 0 Å². The van der Waals surface area contributed by atoms with E-state index in [0.717, 1.165) is 25.3 Å². The Morgan fingerprint density at radius 2 is 1.78 bits per heavy atom. The van der Waals surface area contributed by atoms with Crippen LogP contribution >= 0.6 is 11.6 Å². The monoisotopic (exact) mass is 660 g/mol. The molecule has 4 atom stereocenters. The summed E-state index contributed by atoms with van der Waals surface area (Å²) in [5, 5.41) is 10.2. The van der Waals surface area contributed by atoms with Crippen LogP contribution < -0.4 is 21.3 Å². The van der Waals surface area contributed by atoms with E-state index in [0.29, 0.717) is 13.0 Å². The molecular formula is C33H39ClF2N4O6. The van der Waals surface area contributed by atoms with Gasteiger partial charge in [0, 0.05) is 29.6 Å². The SMILES string of the molecule is CCNC(=O)C(=O)[C@H](C[C@@H]1CCNC1=O)NC(=O)[C@@H](CC1(C)CCC1)NC(=O)O[C@H](c1ccccc1)C(F)(F)c1cccc(Cl)c1. The van der Waals surface area contributed by atoms with Crippen molar-refractivity contribution in [2.24, 2.45) is 11.3 Å². The summed E-state index contributed by atoms with van der Waals surface area (Å²) in [4.78, 5) is 64.9. The molecule has 4 N–H and O–H groups in total. The number of hydrogen-bond donors (Lipinski definition) is 4. The van der Waals surface area contributed by atoms with E-state index in [-0.39, 0.29) is 41.3 Å². The summed E-state index contributed by atoms with van der Waals surface area (Å²) in [6.45, 7) is 4.14. The third-order valence-electron chi connectivity index (χ3n) is 8.61. The number of likely N-dealkylation sites (N-methyl/N-ethyl adjacent to an activating group) is 1. The molecular weight excluding hydrogens is 622 g/mol. The molecule has 2 fully saturated rings. The molecule has 4 rings (SSSR count). The van der Waals surface area contributed by atoms with Crippen molar-refractivity contribution in [2.75, 3.05) is 13.1 Å². The third kappa shape index (κ3) is 8.60. The molecule has 1 aliphatic heterocycles. The van der Waals surface area contributed by atoms with Gasteiger partial charge in [0.15, 0.2) is 6.10 Å². The topological polar surface area (TPSA) is 143 Å². The molecule has 2 aromatic carbocycles. The lowest BCUT2D eigenvalue weighted by Crippen LogP contribution is -2.56. The Kier molecular flexibility index (Phi) is 11.4. The number of benzene rings is 2. The number of alkyl halides is 2. The normalized spacial score (nSPS) is 19.1. The Labute approximate surface area is 271 Å². The maximum Gasteiger partial charge on any atom is 0.408 e. The van der Waals surface area contributed by atoms with Gasteiger partial charge < -0.3 is 26.0 Å². The second-order valence-corrected chi connectivity index (χ2v) is 12.6. The molecule has 2 aromatic rings. The van der Waals surface area contributed by atoms with Crippen molar-refractivity contribution < 1.29 is 37.5 Å². The molecule has 0 bridgehead atoms. The van der Waals surface area contributed by atoms with Gasteiger partial charge in [-0.2, -0.15) is 8.78 Å². The number of halogens is 3. The van der Waals surface area contributed by atoms with Crippen molar-refractivity contribution in [3.8, 4) is 0 Å². The van der Waals surface area contributed by atoms with E-state index < -0.39 is 59.3 Å². The van der Waals surface area contributed by atoms with Gasteiger partial charge >= 0.3 is 12.0 Å². The van der Waals surface area contributed by atoms with Crippen LogP contribution in [-0.2, 0) is 29.8 Å². The fourth-order valence-corrected chi connectivity index (χ4v) is 6.05. The molecule has 0 aromatic heterocycles. The lowest BCUT2D eigenvalue weighted by molar-refractivity contribution is -0.141. The molecule has 1 heterocycles. The minimum absolute atomic E-state index is 0.0111. The van der Waals surface area contributed by atoms with E-state index in [1.54, 1.807) is 13.0 Å². The molecule has 13 heteroatoms. The Balaban J connectivity index is 1.58. The lowest BCUT2D eigenvalue weighted by Gasteiger charge is -2.41. The maximum atomic E-state index is 16.0. The Morgan fingerprint density at radius 3 is 2.37 bits per heavy atom. The van der Waals surface area contributed by atoms with Crippen molar-refractivity contribution in [3.63, 3.8) is 0 Å². The number of alkyl carbamates (subject to hydrolysis) is 1. The van der Waals surface area contributed by atoms with Crippen molar-refractivity contribution in [2.45, 2.75) is 76.5 Å². The number of ketones is 1. The molecule has 2 aliphatic rings. The third-order valence-corrected chi connectivity index (χ3v) is 8.84.